The maximum atomic E-state index is 5.70. The van der Waals surface area contributed by atoms with E-state index in [4.69, 9.17) is 9.47 Å². The van der Waals surface area contributed by atoms with Gasteiger partial charge in [0.05, 0.1) is 14.2 Å². The van der Waals surface area contributed by atoms with Gasteiger partial charge in [-0.1, -0.05) is 35.9 Å². The molecule has 0 unspecified atom stereocenters. The lowest BCUT2D eigenvalue weighted by Crippen LogP contribution is -2.06. The second-order valence-electron chi connectivity index (χ2n) is 5.73. The van der Waals surface area contributed by atoms with Crippen LogP contribution in [0.4, 0.5) is 0 Å². The minimum atomic E-state index is 0.982. The zero-order chi connectivity index (χ0) is 14.8. The van der Waals surface area contributed by atoms with Crippen molar-refractivity contribution in [1.82, 2.24) is 0 Å². The average Bonchev–Trinajstić information content (AvgIpc) is 2.49. The van der Waals surface area contributed by atoms with E-state index in [1.165, 1.54) is 27.8 Å². The van der Waals surface area contributed by atoms with Crippen LogP contribution in [0.3, 0.4) is 0 Å². The second-order valence-corrected chi connectivity index (χ2v) is 5.73. The molecule has 0 atom stereocenters. The van der Waals surface area contributed by atoms with Crippen molar-refractivity contribution in [3.05, 3.63) is 58.1 Å². The quantitative estimate of drug-likeness (QED) is 0.832. The second kappa shape index (κ2) is 5.80. The molecule has 110 valence electrons. The smallest absolute Gasteiger partial charge is 0.125 e. The van der Waals surface area contributed by atoms with Crippen molar-refractivity contribution in [3.8, 4) is 11.5 Å². The molecular formula is C19H22O2. The number of fused-ring (bicyclic) bond motifs is 4. The summed E-state index contributed by atoms with van der Waals surface area (Å²) in [6.07, 6.45) is 3.93. The minimum Gasteiger partial charge on any atom is -0.496 e. The van der Waals surface area contributed by atoms with Crippen molar-refractivity contribution in [2.45, 2.75) is 32.6 Å². The summed E-state index contributed by atoms with van der Waals surface area (Å²) in [4.78, 5) is 0. The Morgan fingerprint density at radius 3 is 1.62 bits per heavy atom. The predicted octanol–water partition coefficient (Wildman–Crippen LogP) is 3.90. The number of rotatable bonds is 2. The lowest BCUT2D eigenvalue weighted by atomic mass is 9.91. The largest absolute Gasteiger partial charge is 0.496 e. The third-order valence-electron chi connectivity index (χ3n) is 4.30. The van der Waals surface area contributed by atoms with E-state index in [-0.39, 0.29) is 0 Å². The Balaban J connectivity index is 2.09. The Bertz CT molecular complexity index is 611. The maximum absolute atomic E-state index is 5.70. The van der Waals surface area contributed by atoms with Crippen LogP contribution >= 0.6 is 0 Å². The third kappa shape index (κ3) is 2.63. The van der Waals surface area contributed by atoms with E-state index >= 15 is 0 Å². The van der Waals surface area contributed by atoms with Gasteiger partial charge in [0.2, 0.25) is 0 Å². The van der Waals surface area contributed by atoms with Crippen LogP contribution in [0, 0.1) is 6.92 Å². The van der Waals surface area contributed by atoms with Gasteiger partial charge in [0.1, 0.15) is 11.5 Å². The molecule has 2 aromatic rings. The molecule has 2 nitrogen and oxygen atoms in total. The number of methoxy groups -OCH3 is 2. The summed E-state index contributed by atoms with van der Waals surface area (Å²) in [6, 6.07) is 11.0. The van der Waals surface area contributed by atoms with Gasteiger partial charge in [0, 0.05) is 0 Å². The van der Waals surface area contributed by atoms with E-state index in [1.807, 2.05) is 0 Å². The Morgan fingerprint density at radius 2 is 1.14 bits per heavy atom. The molecule has 0 aliphatic heterocycles. The Morgan fingerprint density at radius 1 is 0.714 bits per heavy atom. The van der Waals surface area contributed by atoms with Gasteiger partial charge in [-0.3, -0.25) is 0 Å². The number of hydrogen-bond donors (Lipinski definition) is 0. The highest BCUT2D eigenvalue weighted by molar-refractivity contribution is 5.49. The Hall–Kier alpha value is -1.96. The molecule has 0 saturated carbocycles. The van der Waals surface area contributed by atoms with E-state index in [9.17, 15) is 0 Å². The number of para-hydroxylation sites is 1. The fourth-order valence-electron chi connectivity index (χ4n) is 3.39. The number of aryl methyl sites for hydroxylation is 5. The summed E-state index contributed by atoms with van der Waals surface area (Å²) in [5, 5.41) is 0. The molecule has 3 rings (SSSR count). The standard InChI is InChI=1S/C19H22O2/c1-13-11-16-9-7-14-5-4-6-15(18(14)20-2)8-10-17(12-13)19(16)21-3/h4-6,11-12H,7-10H2,1-3H3. The highest BCUT2D eigenvalue weighted by Gasteiger charge is 2.16. The van der Waals surface area contributed by atoms with Gasteiger partial charge in [0.25, 0.3) is 0 Å². The minimum absolute atomic E-state index is 0.982. The Kier molecular flexibility index (Phi) is 3.87. The van der Waals surface area contributed by atoms with E-state index in [1.54, 1.807) is 14.2 Å². The van der Waals surface area contributed by atoms with Crippen LogP contribution in [-0.2, 0) is 25.7 Å². The molecule has 0 heterocycles. The summed E-state index contributed by atoms with van der Waals surface area (Å²) in [6.45, 7) is 2.16. The average molecular weight is 282 g/mol. The number of ether oxygens (including phenoxy) is 2. The Labute approximate surface area is 126 Å². The lowest BCUT2D eigenvalue weighted by Gasteiger charge is -2.19. The van der Waals surface area contributed by atoms with E-state index in [2.05, 4.69) is 37.3 Å². The van der Waals surface area contributed by atoms with Crippen LogP contribution in [0.15, 0.2) is 30.3 Å². The normalized spacial score (nSPS) is 13.7. The fourth-order valence-corrected chi connectivity index (χ4v) is 3.39. The van der Waals surface area contributed by atoms with Crippen molar-refractivity contribution in [1.29, 1.82) is 0 Å². The van der Waals surface area contributed by atoms with Gasteiger partial charge < -0.3 is 9.47 Å². The summed E-state index contributed by atoms with van der Waals surface area (Å²) in [5.74, 6) is 2.14. The zero-order valence-electron chi connectivity index (χ0n) is 13.0. The van der Waals surface area contributed by atoms with Gasteiger partial charge >= 0.3 is 0 Å². The number of hydrogen-bond acceptors (Lipinski definition) is 2. The fraction of sp³-hybridized carbons (Fsp3) is 0.368. The van der Waals surface area contributed by atoms with Gasteiger partial charge in [-0.2, -0.15) is 0 Å². The van der Waals surface area contributed by atoms with Gasteiger partial charge in [-0.15, -0.1) is 0 Å². The molecule has 0 fully saturated rings. The molecule has 4 bridgehead atoms. The van der Waals surface area contributed by atoms with Crippen LogP contribution in [0.5, 0.6) is 11.5 Å². The molecule has 1 aliphatic rings. The first kappa shape index (κ1) is 14.0. The van der Waals surface area contributed by atoms with Crippen molar-refractivity contribution in [2.75, 3.05) is 14.2 Å². The molecule has 0 radical (unpaired) electrons. The molecule has 0 N–H and O–H groups in total. The van der Waals surface area contributed by atoms with Crippen LogP contribution in [0.2, 0.25) is 0 Å². The molecule has 0 spiro atoms. The summed E-state index contributed by atoms with van der Waals surface area (Å²) >= 11 is 0. The van der Waals surface area contributed by atoms with Crippen molar-refractivity contribution in [2.24, 2.45) is 0 Å². The first-order chi connectivity index (χ1) is 10.2. The molecule has 2 aromatic carbocycles. The topological polar surface area (TPSA) is 18.5 Å². The first-order valence-corrected chi connectivity index (χ1v) is 7.54. The van der Waals surface area contributed by atoms with Crippen molar-refractivity contribution >= 4 is 0 Å². The predicted molar refractivity (Wildman–Crippen MR) is 85.5 cm³/mol. The molecule has 0 aromatic heterocycles. The molecular weight excluding hydrogens is 260 g/mol. The lowest BCUT2D eigenvalue weighted by molar-refractivity contribution is 0.396. The molecule has 2 heteroatoms. The summed E-state index contributed by atoms with van der Waals surface area (Å²) in [5.41, 5.74) is 6.52. The van der Waals surface area contributed by atoms with Crippen molar-refractivity contribution in [3.63, 3.8) is 0 Å². The van der Waals surface area contributed by atoms with Crippen LogP contribution in [0.1, 0.15) is 27.8 Å². The first-order valence-electron chi connectivity index (χ1n) is 7.54. The SMILES string of the molecule is COc1c2cccc1CCc1cc(C)cc(c1OC)CC2. The van der Waals surface area contributed by atoms with Crippen LogP contribution in [0.25, 0.3) is 0 Å². The van der Waals surface area contributed by atoms with Crippen LogP contribution in [-0.4, -0.2) is 14.2 Å². The molecule has 0 saturated heterocycles. The van der Waals surface area contributed by atoms with Gasteiger partial charge in [-0.05, 0) is 54.9 Å². The molecule has 1 aliphatic carbocycles. The number of benzene rings is 2. The van der Waals surface area contributed by atoms with E-state index in [0.29, 0.717) is 0 Å². The summed E-state index contributed by atoms with van der Waals surface area (Å²) < 4.78 is 11.4. The van der Waals surface area contributed by atoms with Crippen LogP contribution < -0.4 is 9.47 Å². The van der Waals surface area contributed by atoms with Gasteiger partial charge in [-0.25, -0.2) is 0 Å². The maximum Gasteiger partial charge on any atom is 0.125 e. The van der Waals surface area contributed by atoms with E-state index < -0.39 is 0 Å². The molecule has 0 amide bonds. The molecule has 21 heavy (non-hydrogen) atoms. The highest BCUT2D eigenvalue weighted by Crippen LogP contribution is 2.33. The zero-order valence-corrected chi connectivity index (χ0v) is 13.0. The monoisotopic (exact) mass is 282 g/mol. The van der Waals surface area contributed by atoms with E-state index in [0.717, 1.165) is 37.2 Å². The van der Waals surface area contributed by atoms with Gasteiger partial charge in [0.15, 0.2) is 0 Å². The third-order valence-corrected chi connectivity index (χ3v) is 4.30. The van der Waals surface area contributed by atoms with Crippen molar-refractivity contribution < 1.29 is 9.47 Å². The highest BCUT2D eigenvalue weighted by atomic mass is 16.5. The summed E-state index contributed by atoms with van der Waals surface area (Å²) in [7, 11) is 3.56.